The first kappa shape index (κ1) is 16.9. The summed E-state index contributed by atoms with van der Waals surface area (Å²) in [5, 5.41) is 13.6. The minimum Gasteiger partial charge on any atom is -0.368 e. The molecule has 7 nitrogen and oxygen atoms in total. The number of para-hydroxylation sites is 1. The van der Waals surface area contributed by atoms with E-state index in [0.717, 1.165) is 25.7 Å². The lowest BCUT2D eigenvalue weighted by Gasteiger charge is -2.17. The number of nitrogens with one attached hydrogen (secondary N) is 1. The lowest BCUT2D eigenvalue weighted by atomic mass is 10.0. The highest BCUT2D eigenvalue weighted by atomic mass is 16.6. The van der Waals surface area contributed by atoms with Crippen LogP contribution >= 0.6 is 0 Å². The summed E-state index contributed by atoms with van der Waals surface area (Å²) >= 11 is 0. The summed E-state index contributed by atoms with van der Waals surface area (Å²) in [6.07, 6.45) is 4.71. The van der Waals surface area contributed by atoms with E-state index in [2.05, 4.69) is 5.32 Å². The van der Waals surface area contributed by atoms with Gasteiger partial charge in [0.1, 0.15) is 6.04 Å². The molecule has 0 bridgehead atoms. The molecule has 0 saturated heterocycles. The maximum absolute atomic E-state index is 12.1. The highest BCUT2D eigenvalue weighted by Crippen LogP contribution is 2.27. The molecular formula is C16H21N3O4. The zero-order valence-corrected chi connectivity index (χ0v) is 12.9. The third-order valence-electron chi connectivity index (χ3n) is 4.24. The van der Waals surface area contributed by atoms with E-state index in [4.69, 9.17) is 5.73 Å². The summed E-state index contributed by atoms with van der Waals surface area (Å²) in [7, 11) is 0. The van der Waals surface area contributed by atoms with Gasteiger partial charge in [0.25, 0.3) is 5.69 Å². The molecular weight excluding hydrogens is 298 g/mol. The van der Waals surface area contributed by atoms with Gasteiger partial charge in [-0.25, -0.2) is 0 Å². The van der Waals surface area contributed by atoms with E-state index >= 15 is 0 Å². The quantitative estimate of drug-likeness (QED) is 0.587. The van der Waals surface area contributed by atoms with Crippen molar-refractivity contribution in [2.75, 3.05) is 0 Å². The highest BCUT2D eigenvalue weighted by molar-refractivity contribution is 5.87. The van der Waals surface area contributed by atoms with Gasteiger partial charge in [-0.15, -0.1) is 0 Å². The van der Waals surface area contributed by atoms with Crippen LogP contribution in [0.4, 0.5) is 5.69 Å². The van der Waals surface area contributed by atoms with Crippen LogP contribution in [0.3, 0.4) is 0 Å². The van der Waals surface area contributed by atoms with Crippen molar-refractivity contribution >= 4 is 17.5 Å². The van der Waals surface area contributed by atoms with E-state index in [-0.39, 0.29) is 18.0 Å². The number of rotatable bonds is 7. The van der Waals surface area contributed by atoms with Gasteiger partial charge in [0.15, 0.2) is 0 Å². The largest absolute Gasteiger partial charge is 0.368 e. The number of carbonyl (C=O) groups is 2. The molecule has 2 rings (SSSR count). The first-order valence-corrected chi connectivity index (χ1v) is 7.78. The fourth-order valence-corrected chi connectivity index (χ4v) is 3.03. The maximum atomic E-state index is 12.1. The van der Waals surface area contributed by atoms with Crippen molar-refractivity contribution in [2.24, 2.45) is 11.7 Å². The number of nitrogens with two attached hydrogens (primary N) is 1. The van der Waals surface area contributed by atoms with E-state index < -0.39 is 16.9 Å². The van der Waals surface area contributed by atoms with Gasteiger partial charge in [0, 0.05) is 24.5 Å². The first-order valence-electron chi connectivity index (χ1n) is 7.78. The molecule has 2 amide bonds. The molecule has 1 aliphatic rings. The van der Waals surface area contributed by atoms with Crippen molar-refractivity contribution in [3.8, 4) is 0 Å². The molecule has 0 aliphatic heterocycles. The monoisotopic (exact) mass is 319 g/mol. The van der Waals surface area contributed by atoms with Crippen LogP contribution in [0.2, 0.25) is 0 Å². The van der Waals surface area contributed by atoms with Crippen LogP contribution in [0.5, 0.6) is 0 Å². The Kier molecular flexibility index (Phi) is 5.67. The van der Waals surface area contributed by atoms with Gasteiger partial charge in [-0.2, -0.15) is 0 Å². The Hall–Kier alpha value is -2.44. The summed E-state index contributed by atoms with van der Waals surface area (Å²) < 4.78 is 0. The molecule has 23 heavy (non-hydrogen) atoms. The fraction of sp³-hybridized carbons (Fsp3) is 0.500. The molecule has 1 aromatic carbocycles. The fourth-order valence-electron chi connectivity index (χ4n) is 3.03. The SMILES string of the molecule is NC(=O)[C@H](Cc1ccccc1[N+](=O)[O-])NC(=O)CC1CCCC1. The number of nitrogens with zero attached hydrogens (tertiary/aromatic N) is 1. The Morgan fingerprint density at radius 1 is 1.30 bits per heavy atom. The van der Waals surface area contributed by atoms with Crippen LogP contribution in [0.15, 0.2) is 24.3 Å². The highest BCUT2D eigenvalue weighted by Gasteiger charge is 2.25. The van der Waals surface area contributed by atoms with Gasteiger partial charge >= 0.3 is 0 Å². The van der Waals surface area contributed by atoms with Crippen LogP contribution in [-0.4, -0.2) is 22.8 Å². The minimum absolute atomic E-state index is 0.0168. The molecule has 0 heterocycles. The van der Waals surface area contributed by atoms with Gasteiger partial charge in [0.05, 0.1) is 4.92 Å². The van der Waals surface area contributed by atoms with Gasteiger partial charge in [-0.1, -0.05) is 31.0 Å². The molecule has 7 heteroatoms. The second kappa shape index (κ2) is 7.71. The van der Waals surface area contributed by atoms with E-state index in [1.807, 2.05) is 0 Å². The number of hydrogen-bond acceptors (Lipinski definition) is 4. The minimum atomic E-state index is -0.940. The van der Waals surface area contributed by atoms with E-state index in [1.165, 1.54) is 6.07 Å². The third kappa shape index (κ3) is 4.77. The molecule has 1 fully saturated rings. The van der Waals surface area contributed by atoms with E-state index in [0.29, 0.717) is 17.9 Å². The van der Waals surface area contributed by atoms with Gasteiger partial charge < -0.3 is 11.1 Å². The molecule has 0 unspecified atom stereocenters. The summed E-state index contributed by atoms with van der Waals surface area (Å²) in [6, 6.07) is 5.20. The van der Waals surface area contributed by atoms with Gasteiger partial charge in [-0.3, -0.25) is 19.7 Å². The molecule has 1 saturated carbocycles. The molecule has 0 radical (unpaired) electrons. The molecule has 1 atom stereocenters. The predicted molar refractivity (Wildman–Crippen MR) is 84.5 cm³/mol. The maximum Gasteiger partial charge on any atom is 0.272 e. The third-order valence-corrected chi connectivity index (χ3v) is 4.24. The lowest BCUT2D eigenvalue weighted by molar-refractivity contribution is -0.385. The zero-order valence-electron chi connectivity index (χ0n) is 12.9. The number of hydrogen-bond donors (Lipinski definition) is 2. The zero-order chi connectivity index (χ0) is 16.8. The van der Waals surface area contributed by atoms with Crippen LogP contribution in [-0.2, 0) is 16.0 Å². The standard InChI is InChI=1S/C16H21N3O4/c17-16(21)13(18-15(20)9-11-5-1-2-6-11)10-12-7-3-4-8-14(12)19(22)23/h3-4,7-8,11,13H,1-2,5-6,9-10H2,(H2,17,21)(H,18,20)/t13-/m0/s1. The molecule has 0 spiro atoms. The average Bonchev–Trinajstić information content (AvgIpc) is 2.99. The van der Waals surface area contributed by atoms with Gasteiger partial charge in [-0.05, 0) is 18.8 Å². The lowest BCUT2D eigenvalue weighted by Crippen LogP contribution is -2.46. The van der Waals surface area contributed by atoms with Crippen molar-refractivity contribution in [2.45, 2.75) is 44.6 Å². The number of nitro groups is 1. The number of benzene rings is 1. The Labute approximate surface area is 134 Å². The van der Waals surface area contributed by atoms with E-state index in [1.54, 1.807) is 18.2 Å². The molecule has 1 aliphatic carbocycles. The van der Waals surface area contributed by atoms with Gasteiger partial charge in [0.2, 0.25) is 11.8 Å². The second-order valence-corrected chi connectivity index (χ2v) is 5.97. The topological polar surface area (TPSA) is 115 Å². The number of amides is 2. The molecule has 0 aromatic heterocycles. The van der Waals surface area contributed by atoms with Crippen molar-refractivity contribution < 1.29 is 14.5 Å². The van der Waals surface area contributed by atoms with Crippen molar-refractivity contribution in [1.29, 1.82) is 0 Å². The second-order valence-electron chi connectivity index (χ2n) is 5.97. The van der Waals surface area contributed by atoms with Crippen LogP contribution < -0.4 is 11.1 Å². The summed E-state index contributed by atoms with van der Waals surface area (Å²) in [4.78, 5) is 34.2. The smallest absolute Gasteiger partial charge is 0.272 e. The Balaban J connectivity index is 2.02. The number of carbonyl (C=O) groups excluding carboxylic acids is 2. The predicted octanol–water partition coefficient (Wildman–Crippen LogP) is 1.69. The van der Waals surface area contributed by atoms with E-state index in [9.17, 15) is 19.7 Å². The number of primary amides is 1. The molecule has 3 N–H and O–H groups in total. The van der Waals surface area contributed by atoms with Crippen LogP contribution in [0.1, 0.15) is 37.7 Å². The van der Waals surface area contributed by atoms with Crippen molar-refractivity contribution in [1.82, 2.24) is 5.32 Å². The Morgan fingerprint density at radius 2 is 1.96 bits per heavy atom. The average molecular weight is 319 g/mol. The molecule has 124 valence electrons. The van der Waals surface area contributed by atoms with Crippen LogP contribution in [0.25, 0.3) is 0 Å². The van der Waals surface area contributed by atoms with Crippen molar-refractivity contribution in [3.63, 3.8) is 0 Å². The summed E-state index contributed by atoms with van der Waals surface area (Å²) in [5.41, 5.74) is 5.64. The summed E-state index contributed by atoms with van der Waals surface area (Å²) in [6.45, 7) is 0. The summed E-state index contributed by atoms with van der Waals surface area (Å²) in [5.74, 6) is -0.559. The van der Waals surface area contributed by atoms with Crippen molar-refractivity contribution in [3.05, 3.63) is 39.9 Å². The van der Waals surface area contributed by atoms with Crippen LogP contribution in [0, 0.1) is 16.0 Å². The Bertz CT molecular complexity index is 597. The first-order chi connectivity index (χ1) is 11.0. The normalized spacial score (nSPS) is 16.0. The molecule has 1 aromatic rings. The number of nitro benzene ring substituents is 1. The Morgan fingerprint density at radius 3 is 2.57 bits per heavy atom.